The fraction of sp³-hybridized carbons (Fsp3) is 0.125. The molecule has 2 aromatic rings. The van der Waals surface area contributed by atoms with Gasteiger partial charge in [0.25, 0.3) is 0 Å². The molecule has 1 aliphatic rings. The van der Waals surface area contributed by atoms with Gasteiger partial charge in [0, 0.05) is 14.7 Å². The number of fused-ring (bicyclic) bond motifs is 1. The topological polar surface area (TPSA) is 149 Å². The number of guanidine groups is 1. The maximum absolute atomic E-state index is 13.7. The predicted molar refractivity (Wildman–Crippen MR) is 104 cm³/mol. The Bertz CT molecular complexity index is 1080. The van der Waals surface area contributed by atoms with Crippen molar-refractivity contribution in [3.63, 3.8) is 0 Å². The number of hydrogen-bond donors (Lipinski definition) is 4. The van der Waals surface area contributed by atoms with E-state index in [2.05, 4.69) is 20.6 Å². The Kier molecular flexibility index (Phi) is 4.91. The van der Waals surface area contributed by atoms with E-state index in [-0.39, 0.29) is 43.5 Å². The molecule has 1 unspecified atom stereocenters. The van der Waals surface area contributed by atoms with E-state index >= 15 is 0 Å². The number of hydrogen-bond acceptors (Lipinski definition) is 8. The summed E-state index contributed by atoms with van der Waals surface area (Å²) in [7, 11) is 0. The molecule has 0 saturated carbocycles. The van der Waals surface area contributed by atoms with Gasteiger partial charge in [0.2, 0.25) is 5.96 Å². The standard InChI is InChI=1S/C16H10F3IN8/c17-16(18,19)7-2-1-3-8(20)9(7)12-10-11(23)6(4-21)13(24)27-14(10)28-15(26-12)25-5-22/h1-3,12H,(H6,23,24,25,26,27,28). The number of nitrogens with zero attached hydrogens (tertiary/aromatic N) is 4. The van der Waals surface area contributed by atoms with E-state index in [1.807, 2.05) is 0 Å². The van der Waals surface area contributed by atoms with Gasteiger partial charge in [-0.25, -0.2) is 9.98 Å². The maximum atomic E-state index is 13.7. The maximum Gasteiger partial charge on any atom is 0.416 e. The lowest BCUT2D eigenvalue weighted by atomic mass is 9.91. The minimum absolute atomic E-state index is 0.0135. The molecule has 0 spiro atoms. The van der Waals surface area contributed by atoms with Crippen LogP contribution in [0.25, 0.3) is 0 Å². The summed E-state index contributed by atoms with van der Waals surface area (Å²) in [4.78, 5) is 8.21. The van der Waals surface area contributed by atoms with Crippen LogP contribution in [0.3, 0.4) is 0 Å². The minimum atomic E-state index is -4.66. The zero-order chi connectivity index (χ0) is 20.6. The number of pyridine rings is 1. The highest BCUT2D eigenvalue weighted by Crippen LogP contribution is 2.45. The molecule has 12 heteroatoms. The van der Waals surface area contributed by atoms with Gasteiger partial charge in [0.1, 0.15) is 29.3 Å². The van der Waals surface area contributed by atoms with Gasteiger partial charge in [0.15, 0.2) is 6.19 Å². The summed E-state index contributed by atoms with van der Waals surface area (Å²) in [6.07, 6.45) is -3.02. The van der Waals surface area contributed by atoms with E-state index in [0.29, 0.717) is 0 Å². The monoisotopic (exact) mass is 498 g/mol. The summed E-state index contributed by atoms with van der Waals surface area (Å²) in [6.45, 7) is 0. The van der Waals surface area contributed by atoms with Crippen molar-refractivity contribution in [3.05, 3.63) is 44.0 Å². The molecule has 1 aromatic heterocycles. The van der Waals surface area contributed by atoms with Crippen molar-refractivity contribution in [3.8, 4) is 12.3 Å². The van der Waals surface area contributed by atoms with Crippen LogP contribution >= 0.6 is 22.6 Å². The first-order chi connectivity index (χ1) is 13.2. The molecule has 0 amide bonds. The molecular formula is C16H10F3IN8. The Hall–Kier alpha value is -3.26. The van der Waals surface area contributed by atoms with Crippen molar-refractivity contribution < 1.29 is 13.2 Å². The third-order valence-corrected chi connectivity index (χ3v) is 4.93. The normalized spacial score (nSPS) is 15.5. The van der Waals surface area contributed by atoms with Crippen LogP contribution in [0.5, 0.6) is 0 Å². The zero-order valence-electron chi connectivity index (χ0n) is 13.8. The number of aromatic nitrogens is 1. The van der Waals surface area contributed by atoms with Crippen LogP contribution in [0.4, 0.5) is 30.5 Å². The van der Waals surface area contributed by atoms with Gasteiger partial charge in [-0.1, -0.05) is 6.07 Å². The van der Waals surface area contributed by atoms with Crippen LogP contribution < -0.4 is 22.1 Å². The van der Waals surface area contributed by atoms with E-state index < -0.39 is 17.8 Å². The number of benzene rings is 1. The number of nitrogens with two attached hydrogens (primary N) is 2. The smallest absolute Gasteiger partial charge is 0.397 e. The minimum Gasteiger partial charge on any atom is -0.397 e. The van der Waals surface area contributed by atoms with Gasteiger partial charge in [-0.05, 0) is 34.7 Å². The molecule has 2 heterocycles. The Morgan fingerprint density at radius 2 is 1.93 bits per heavy atom. The lowest BCUT2D eigenvalue weighted by Crippen LogP contribution is -2.33. The van der Waals surface area contributed by atoms with Gasteiger partial charge in [-0.15, -0.1) is 0 Å². The van der Waals surface area contributed by atoms with E-state index in [1.54, 1.807) is 34.9 Å². The number of halogens is 4. The predicted octanol–water partition coefficient (Wildman–Crippen LogP) is 2.68. The number of aliphatic imine (C=N–C) groups is 1. The summed E-state index contributed by atoms with van der Waals surface area (Å²) in [5.74, 6) is -0.301. The summed E-state index contributed by atoms with van der Waals surface area (Å²) in [6, 6.07) is 4.23. The first-order valence-corrected chi connectivity index (χ1v) is 8.61. The molecule has 6 N–H and O–H groups in total. The Morgan fingerprint density at radius 3 is 2.54 bits per heavy atom. The fourth-order valence-electron chi connectivity index (χ4n) is 2.85. The van der Waals surface area contributed by atoms with Gasteiger partial charge >= 0.3 is 6.18 Å². The second kappa shape index (κ2) is 7.05. The highest BCUT2D eigenvalue weighted by molar-refractivity contribution is 14.1. The first kappa shape index (κ1) is 19.5. The van der Waals surface area contributed by atoms with E-state index in [4.69, 9.17) is 16.7 Å². The number of anilines is 3. The largest absolute Gasteiger partial charge is 0.416 e. The molecular weight excluding hydrogens is 488 g/mol. The van der Waals surface area contributed by atoms with Crippen molar-refractivity contribution in [2.45, 2.75) is 12.2 Å². The average Bonchev–Trinajstić information content (AvgIpc) is 2.60. The van der Waals surface area contributed by atoms with Crippen LogP contribution in [-0.4, -0.2) is 10.9 Å². The molecule has 1 atom stereocenters. The number of nitriles is 2. The zero-order valence-corrected chi connectivity index (χ0v) is 15.9. The van der Waals surface area contributed by atoms with E-state index in [1.165, 1.54) is 12.1 Å². The third-order valence-electron chi connectivity index (χ3n) is 3.99. The molecule has 1 aromatic carbocycles. The van der Waals surface area contributed by atoms with Crippen LogP contribution in [0, 0.1) is 26.4 Å². The van der Waals surface area contributed by atoms with Crippen molar-refractivity contribution >= 4 is 45.9 Å². The first-order valence-electron chi connectivity index (χ1n) is 7.53. The van der Waals surface area contributed by atoms with Crippen LogP contribution in [0.15, 0.2) is 23.2 Å². The number of alkyl halides is 3. The number of nitrogen functional groups attached to an aromatic ring is 2. The van der Waals surface area contributed by atoms with Gasteiger partial charge < -0.3 is 16.8 Å². The fourth-order valence-corrected chi connectivity index (χ4v) is 3.65. The van der Waals surface area contributed by atoms with Crippen LogP contribution in [-0.2, 0) is 6.18 Å². The molecule has 0 bridgehead atoms. The molecule has 28 heavy (non-hydrogen) atoms. The lowest BCUT2D eigenvalue weighted by molar-refractivity contribution is -0.138. The average molecular weight is 498 g/mol. The van der Waals surface area contributed by atoms with E-state index in [9.17, 15) is 18.4 Å². The highest BCUT2D eigenvalue weighted by atomic mass is 127. The van der Waals surface area contributed by atoms with E-state index in [0.717, 1.165) is 6.07 Å². The Morgan fingerprint density at radius 1 is 1.21 bits per heavy atom. The molecule has 1 aliphatic heterocycles. The molecule has 0 radical (unpaired) electrons. The van der Waals surface area contributed by atoms with Crippen molar-refractivity contribution in [2.24, 2.45) is 4.99 Å². The van der Waals surface area contributed by atoms with Gasteiger partial charge in [-0.3, -0.25) is 5.32 Å². The van der Waals surface area contributed by atoms with Crippen molar-refractivity contribution in [1.82, 2.24) is 10.3 Å². The van der Waals surface area contributed by atoms with Crippen LogP contribution in [0.1, 0.15) is 28.3 Å². The summed E-state index contributed by atoms with van der Waals surface area (Å²) in [5, 5.41) is 23.1. The SMILES string of the molecule is N#CNC1=NC(c2c(I)cccc2C(F)(F)F)c2c(nc(N)c(C#N)c2N)N1. The van der Waals surface area contributed by atoms with Gasteiger partial charge in [0.05, 0.1) is 11.3 Å². The Balaban J connectivity index is 2.37. The summed E-state index contributed by atoms with van der Waals surface area (Å²) in [5.41, 5.74) is 10.5. The summed E-state index contributed by atoms with van der Waals surface area (Å²) < 4.78 is 41.3. The second-order valence-corrected chi connectivity index (χ2v) is 6.76. The quantitative estimate of drug-likeness (QED) is 0.268. The van der Waals surface area contributed by atoms with Crippen molar-refractivity contribution in [1.29, 1.82) is 10.5 Å². The molecule has 8 nitrogen and oxygen atoms in total. The third kappa shape index (κ3) is 3.22. The summed E-state index contributed by atoms with van der Waals surface area (Å²) >= 11 is 1.77. The molecule has 0 fully saturated rings. The number of nitrogens with one attached hydrogen (secondary N) is 2. The second-order valence-electron chi connectivity index (χ2n) is 5.60. The molecule has 3 rings (SSSR count). The lowest BCUT2D eigenvalue weighted by Gasteiger charge is -2.28. The highest BCUT2D eigenvalue weighted by Gasteiger charge is 2.39. The van der Waals surface area contributed by atoms with Crippen LogP contribution in [0.2, 0.25) is 0 Å². The van der Waals surface area contributed by atoms with Crippen molar-refractivity contribution in [2.75, 3.05) is 16.8 Å². The molecule has 142 valence electrons. The van der Waals surface area contributed by atoms with Gasteiger partial charge in [-0.2, -0.15) is 23.7 Å². The molecule has 0 saturated heterocycles. The number of rotatable bonds is 1. The Labute approximate surface area is 170 Å². The molecule has 0 aliphatic carbocycles.